The number of hydrogen-bond acceptors (Lipinski definition) is 1. The van der Waals surface area contributed by atoms with Gasteiger partial charge in [0, 0.05) is 32.7 Å². The zero-order valence-corrected chi connectivity index (χ0v) is 41.0. The average Bonchev–Trinajstić information content (AvgIpc) is 3.93. The summed E-state index contributed by atoms with van der Waals surface area (Å²) >= 11 is 0. The predicted octanol–water partition coefficient (Wildman–Crippen LogP) is 18.9. The fourth-order valence-corrected chi connectivity index (χ4v) is 11.1. The number of hydrogen-bond donors (Lipinski definition) is 0. The maximum atomic E-state index is 14.6. The summed E-state index contributed by atoms with van der Waals surface area (Å²) in [5, 5.41) is 14.9. The predicted molar refractivity (Wildman–Crippen MR) is 297 cm³/mol. The van der Waals surface area contributed by atoms with Gasteiger partial charge in [-0.1, -0.05) is 133 Å². The van der Waals surface area contributed by atoms with Crippen LogP contribution >= 0.6 is 0 Å². The van der Waals surface area contributed by atoms with E-state index < -0.39 is 11.7 Å². The number of aryl methyl sites for hydroxylation is 4. The zero-order valence-electron chi connectivity index (χ0n) is 41.0. The minimum Gasteiger partial charge on any atom is -0.309 e. The van der Waals surface area contributed by atoms with Crippen molar-refractivity contribution in [1.82, 2.24) is 9.13 Å². The van der Waals surface area contributed by atoms with Gasteiger partial charge in [0.1, 0.15) is 0 Å². The summed E-state index contributed by atoms with van der Waals surface area (Å²) in [6, 6.07) is 68.3. The molecule has 0 aliphatic heterocycles. The maximum Gasteiger partial charge on any atom is 0.415 e. The summed E-state index contributed by atoms with van der Waals surface area (Å²) in [5.74, 6) is 0. The van der Waals surface area contributed by atoms with E-state index >= 15 is 0 Å². The van der Waals surface area contributed by atoms with E-state index in [1.54, 1.807) is 0 Å². The summed E-state index contributed by atoms with van der Waals surface area (Å²) < 4.78 is 48.1. The molecule has 0 N–H and O–H groups in total. The van der Waals surface area contributed by atoms with Gasteiger partial charge in [0.15, 0.2) is 5.69 Å². The highest BCUT2D eigenvalue weighted by Crippen LogP contribution is 2.48. The molecule has 0 saturated heterocycles. The first-order valence-electron chi connectivity index (χ1n) is 24.5. The summed E-state index contributed by atoms with van der Waals surface area (Å²) in [6.07, 6.45) is -4.69. The van der Waals surface area contributed by atoms with Gasteiger partial charge in [0.25, 0.3) is 0 Å². The molecule has 354 valence electrons. The molecule has 2 aromatic heterocycles. The van der Waals surface area contributed by atoms with Crippen LogP contribution in [0.15, 0.2) is 200 Å². The van der Waals surface area contributed by atoms with E-state index in [2.05, 4.69) is 169 Å². The zero-order chi connectivity index (χ0) is 51.0. The van der Waals surface area contributed by atoms with Gasteiger partial charge in [-0.25, -0.2) is 4.85 Å². The highest BCUT2D eigenvalue weighted by Gasteiger charge is 2.32. The van der Waals surface area contributed by atoms with Crippen LogP contribution in [0.2, 0.25) is 0 Å². The number of rotatable bonds is 7. The van der Waals surface area contributed by atoms with Crippen molar-refractivity contribution in [3.63, 3.8) is 0 Å². The van der Waals surface area contributed by atoms with Crippen molar-refractivity contribution in [2.24, 2.45) is 0 Å². The third-order valence-corrected chi connectivity index (χ3v) is 14.8. The van der Waals surface area contributed by atoms with Crippen LogP contribution in [0.3, 0.4) is 0 Å². The van der Waals surface area contributed by atoms with Gasteiger partial charge in [-0.15, -0.1) is 0 Å². The lowest BCUT2D eigenvalue weighted by molar-refractivity contribution is -0.137. The molecule has 0 fully saturated rings. The van der Waals surface area contributed by atoms with Crippen molar-refractivity contribution in [2.45, 2.75) is 33.9 Å². The molecule has 0 aliphatic carbocycles. The Labute approximate surface area is 426 Å². The summed E-state index contributed by atoms with van der Waals surface area (Å²) in [4.78, 5) is 3.84. The van der Waals surface area contributed by atoms with Crippen molar-refractivity contribution in [1.29, 1.82) is 5.26 Å². The van der Waals surface area contributed by atoms with Gasteiger partial charge in [0.2, 0.25) is 0 Å². The second-order valence-electron chi connectivity index (χ2n) is 19.2. The molecule has 12 rings (SSSR count). The number of aromatic nitrogens is 2. The molecule has 0 unspecified atom stereocenters. The Morgan fingerprint density at radius 3 is 1.05 bits per heavy atom. The van der Waals surface area contributed by atoms with Crippen LogP contribution < -0.4 is 0 Å². The Morgan fingerprint density at radius 2 is 0.757 bits per heavy atom. The molecule has 0 bridgehead atoms. The maximum absolute atomic E-state index is 14.6. The van der Waals surface area contributed by atoms with Crippen LogP contribution in [0.5, 0.6) is 0 Å². The van der Waals surface area contributed by atoms with Gasteiger partial charge in [-0.2, -0.15) is 18.4 Å². The lowest BCUT2D eigenvalue weighted by Crippen LogP contribution is -2.07. The summed E-state index contributed by atoms with van der Waals surface area (Å²) in [7, 11) is 0. The second kappa shape index (κ2) is 17.7. The number of benzene rings is 10. The van der Waals surface area contributed by atoms with Crippen LogP contribution in [0.4, 0.5) is 18.9 Å². The summed E-state index contributed by atoms with van der Waals surface area (Å²) in [6.45, 7) is 16.9. The minimum absolute atomic E-state index is 0.166. The van der Waals surface area contributed by atoms with Crippen molar-refractivity contribution < 1.29 is 13.2 Å². The second-order valence-corrected chi connectivity index (χ2v) is 19.2. The quantitative estimate of drug-likeness (QED) is 0.147. The van der Waals surface area contributed by atoms with Gasteiger partial charge < -0.3 is 9.13 Å². The molecule has 0 spiro atoms. The van der Waals surface area contributed by atoms with E-state index in [1.165, 1.54) is 6.07 Å². The largest absolute Gasteiger partial charge is 0.415 e. The van der Waals surface area contributed by atoms with Gasteiger partial charge >= 0.3 is 6.18 Å². The van der Waals surface area contributed by atoms with E-state index in [0.29, 0.717) is 28.1 Å². The number of fused-ring (bicyclic) bond motifs is 6. The third-order valence-electron chi connectivity index (χ3n) is 14.8. The monoisotopic (exact) mass is 962 g/mol. The molecule has 10 aromatic carbocycles. The van der Waals surface area contributed by atoms with Crippen molar-refractivity contribution in [3.8, 4) is 73.1 Å². The van der Waals surface area contributed by atoms with Crippen LogP contribution in [-0.4, -0.2) is 9.13 Å². The van der Waals surface area contributed by atoms with Gasteiger partial charge in [-0.3, -0.25) is 0 Å². The average molecular weight is 963 g/mol. The minimum atomic E-state index is -4.69. The van der Waals surface area contributed by atoms with Gasteiger partial charge in [0.05, 0.1) is 51.6 Å². The van der Waals surface area contributed by atoms with Crippen molar-refractivity contribution in [2.75, 3.05) is 0 Å². The first-order chi connectivity index (χ1) is 35.9. The Kier molecular flexibility index (Phi) is 10.9. The van der Waals surface area contributed by atoms with Gasteiger partial charge in [-0.05, 0) is 167 Å². The third kappa shape index (κ3) is 7.52. The molecule has 0 atom stereocenters. The molecule has 0 amide bonds. The molecule has 0 aliphatic rings. The van der Waals surface area contributed by atoms with Crippen LogP contribution in [0.25, 0.3) is 115 Å². The fraction of sp³-hybridized carbons (Fsp3) is 0.0746. The topological polar surface area (TPSA) is 38.0 Å². The smallest absolute Gasteiger partial charge is 0.309 e. The first-order valence-corrected chi connectivity index (χ1v) is 24.5. The normalized spacial score (nSPS) is 11.7. The molecule has 0 saturated carbocycles. The molecule has 0 radical (unpaired) electrons. The highest BCUT2D eigenvalue weighted by atomic mass is 19.4. The molecule has 74 heavy (non-hydrogen) atoms. The van der Waals surface area contributed by atoms with Crippen molar-refractivity contribution >= 4 is 49.3 Å². The molecular weight excluding hydrogens is 918 g/mol. The van der Waals surface area contributed by atoms with Crippen molar-refractivity contribution in [3.05, 3.63) is 245 Å². The Bertz CT molecular complexity index is 3940. The number of nitrogens with zero attached hydrogens (tertiary/aromatic N) is 4. The fourth-order valence-electron chi connectivity index (χ4n) is 11.1. The SMILES string of the molecule is [C-]#[N+]c1cc(C(F)(F)F)ccc1-c1c(-n2c3ccc(-c4ccccc4C)cc3c3cc(-c4ccccc4C)ccc32)cc(C#N)cc1-n1c2ccc(-c3ccccc3C)cc2c2cc(-c3ccccc3C)ccc21. The molecule has 7 heteroatoms. The van der Waals surface area contributed by atoms with Crippen LogP contribution in [0, 0.1) is 45.6 Å². The molecule has 12 aromatic rings. The summed E-state index contributed by atoms with van der Waals surface area (Å²) in [5.41, 5.74) is 17.4. The van der Waals surface area contributed by atoms with Crippen LogP contribution in [0.1, 0.15) is 33.4 Å². The molecular formula is C67H45F3N4. The molecule has 4 nitrogen and oxygen atoms in total. The van der Waals surface area contributed by atoms with E-state index in [1.807, 2.05) is 60.7 Å². The Balaban J connectivity index is 1.23. The Morgan fingerprint density at radius 1 is 0.419 bits per heavy atom. The number of halogens is 3. The standard InChI is InChI=1S/C67H45F3N4/c1-40-14-6-10-18-50(40)45-22-28-60-55(34-45)56-35-46(51-19-11-7-15-41(51)2)23-29-61(56)73(60)64-32-44(39-71)33-65(66(64)54-27-26-49(67(68,69)70)38-59(54)72-5)74-62-30-24-47(52-20-12-8-16-42(52)3)36-57(62)58-37-48(25-31-63(58)74)53-21-13-9-17-43(53)4/h6-38H,1-4H3. The molecule has 2 heterocycles. The lowest BCUT2D eigenvalue weighted by Gasteiger charge is -2.22. The number of alkyl halides is 3. The number of nitriles is 1. The highest BCUT2D eigenvalue weighted by molar-refractivity contribution is 6.15. The van der Waals surface area contributed by atoms with E-state index in [9.17, 15) is 18.4 Å². The van der Waals surface area contributed by atoms with E-state index in [0.717, 1.165) is 123 Å². The lowest BCUT2D eigenvalue weighted by atomic mass is 9.95. The van der Waals surface area contributed by atoms with Crippen LogP contribution in [-0.2, 0) is 6.18 Å². The Hall–Kier alpha value is -9.43. The van der Waals surface area contributed by atoms with E-state index in [-0.39, 0.29) is 5.69 Å². The van der Waals surface area contributed by atoms with E-state index in [4.69, 9.17) is 6.57 Å². The first kappa shape index (κ1) is 45.7.